The summed E-state index contributed by atoms with van der Waals surface area (Å²) in [6.45, 7) is 5.91. The minimum Gasteiger partial charge on any atom is -0.456 e. The van der Waals surface area contributed by atoms with Crippen LogP contribution in [0.2, 0.25) is 0 Å². The minimum absolute atomic E-state index is 0.00809. The number of nitrogens with zero attached hydrogens (tertiary/aromatic N) is 2. The normalized spacial score (nSPS) is 10.7. The van der Waals surface area contributed by atoms with E-state index in [0.29, 0.717) is 23.4 Å². The van der Waals surface area contributed by atoms with E-state index in [1.807, 2.05) is 26.8 Å². The second-order valence-corrected chi connectivity index (χ2v) is 6.76. The molecular weight excluding hydrogens is 447 g/mol. The predicted octanol–water partition coefficient (Wildman–Crippen LogP) is 5.60. The summed E-state index contributed by atoms with van der Waals surface area (Å²) in [4.78, 5) is 19.6. The lowest BCUT2D eigenvalue weighted by atomic mass is 9.99. The van der Waals surface area contributed by atoms with Crippen LogP contribution in [0.5, 0.6) is 11.5 Å². The number of pyridine rings is 2. The van der Waals surface area contributed by atoms with Crippen molar-refractivity contribution in [1.29, 1.82) is 5.41 Å². The molecule has 0 saturated carbocycles. The number of amides is 1. The van der Waals surface area contributed by atoms with Gasteiger partial charge in [-0.15, -0.1) is 0 Å². The fraction of sp³-hybridized carbons (Fsp3) is 0.250. The van der Waals surface area contributed by atoms with Crippen molar-refractivity contribution in [3.63, 3.8) is 0 Å². The van der Waals surface area contributed by atoms with E-state index in [-0.39, 0.29) is 11.4 Å². The number of hydrogen-bond acceptors (Lipinski definition) is 6. The Bertz CT molecular complexity index is 1180. The van der Waals surface area contributed by atoms with Crippen molar-refractivity contribution in [3.8, 4) is 22.8 Å². The van der Waals surface area contributed by atoms with Gasteiger partial charge in [-0.1, -0.05) is 26.8 Å². The Hall–Kier alpha value is -3.95. The summed E-state index contributed by atoms with van der Waals surface area (Å²) >= 11 is 0. The topological polar surface area (TPSA) is 114 Å². The quantitative estimate of drug-likeness (QED) is 0.387. The molecule has 10 heteroatoms. The number of rotatable bonds is 7. The first kappa shape index (κ1) is 26.3. The molecule has 0 aliphatic rings. The molecule has 0 radical (unpaired) electrons. The van der Waals surface area contributed by atoms with Gasteiger partial charge in [0.05, 0.1) is 17.6 Å². The van der Waals surface area contributed by atoms with Crippen LogP contribution < -0.4 is 15.8 Å². The zero-order valence-electron chi connectivity index (χ0n) is 19.2. The van der Waals surface area contributed by atoms with Crippen molar-refractivity contribution < 1.29 is 22.7 Å². The van der Waals surface area contributed by atoms with Crippen LogP contribution in [0.4, 0.5) is 18.9 Å². The Balaban J connectivity index is 0.00000199. The molecule has 2 heterocycles. The molecule has 3 aromatic rings. The van der Waals surface area contributed by atoms with E-state index in [9.17, 15) is 18.0 Å². The number of hydrogen-bond donors (Lipinski definition) is 3. The van der Waals surface area contributed by atoms with Crippen molar-refractivity contribution in [1.82, 2.24) is 9.97 Å². The molecule has 0 aliphatic heterocycles. The first-order chi connectivity index (χ1) is 16.1. The van der Waals surface area contributed by atoms with Crippen molar-refractivity contribution in [2.75, 3.05) is 12.4 Å². The molecular formula is C24H26F3N5O2. The average Bonchev–Trinajstić information content (AvgIpc) is 2.83. The van der Waals surface area contributed by atoms with Gasteiger partial charge in [0, 0.05) is 36.5 Å². The van der Waals surface area contributed by atoms with Gasteiger partial charge in [0.15, 0.2) is 5.71 Å². The summed E-state index contributed by atoms with van der Waals surface area (Å²) in [7, 11) is 1.43. The van der Waals surface area contributed by atoms with E-state index in [4.69, 9.17) is 15.9 Å². The summed E-state index contributed by atoms with van der Waals surface area (Å²) in [6.07, 6.45) is -1.56. The molecule has 0 unspecified atom stereocenters. The van der Waals surface area contributed by atoms with Gasteiger partial charge in [0.25, 0.3) is 0 Å². The van der Waals surface area contributed by atoms with Gasteiger partial charge in [-0.3, -0.25) is 15.2 Å². The zero-order valence-corrected chi connectivity index (χ0v) is 19.2. The monoisotopic (exact) mass is 473 g/mol. The molecule has 0 fully saturated rings. The molecule has 4 N–H and O–H groups in total. The highest BCUT2D eigenvalue weighted by molar-refractivity contribution is 6.05. The van der Waals surface area contributed by atoms with Crippen LogP contribution in [0.15, 0.2) is 48.8 Å². The van der Waals surface area contributed by atoms with Crippen molar-refractivity contribution >= 4 is 17.3 Å². The number of aromatic nitrogens is 2. The molecule has 3 rings (SSSR count). The van der Waals surface area contributed by atoms with E-state index in [2.05, 4.69) is 15.3 Å². The van der Waals surface area contributed by atoms with E-state index in [0.717, 1.165) is 17.3 Å². The van der Waals surface area contributed by atoms with E-state index in [1.54, 1.807) is 24.3 Å². The lowest BCUT2D eigenvalue weighted by Crippen LogP contribution is -2.24. The Morgan fingerprint density at radius 2 is 1.82 bits per heavy atom. The molecule has 0 aliphatic carbocycles. The molecule has 1 amide bonds. The molecule has 7 nitrogen and oxygen atoms in total. The van der Waals surface area contributed by atoms with Crippen LogP contribution in [0.3, 0.4) is 0 Å². The van der Waals surface area contributed by atoms with E-state index in [1.165, 1.54) is 19.3 Å². The van der Waals surface area contributed by atoms with Gasteiger partial charge in [0.2, 0.25) is 5.91 Å². The summed E-state index contributed by atoms with van der Waals surface area (Å²) < 4.78 is 44.4. The number of benzene rings is 1. The summed E-state index contributed by atoms with van der Waals surface area (Å²) in [5.74, 6) is 0.0615. The molecule has 0 spiro atoms. The number of primary amides is 1. The van der Waals surface area contributed by atoms with Crippen LogP contribution in [-0.2, 0) is 6.42 Å². The van der Waals surface area contributed by atoms with Gasteiger partial charge >= 0.3 is 6.18 Å². The number of carbonyl (C=O) groups is 1. The number of anilines is 1. The van der Waals surface area contributed by atoms with Crippen LogP contribution in [0.1, 0.15) is 42.4 Å². The highest BCUT2D eigenvalue weighted by Crippen LogP contribution is 2.31. The summed E-state index contributed by atoms with van der Waals surface area (Å²) in [5, 5.41) is 9.92. The van der Waals surface area contributed by atoms with Crippen LogP contribution in [-0.4, -0.2) is 34.8 Å². The Kier molecular flexibility index (Phi) is 8.71. The SMILES string of the molecule is CC.CCc1cc(-c2cc(Oc3cnc(C(=N)C(F)(F)F)c(NC)c3)ccn2)ccc1C(N)=O. The number of carbonyl (C=O) groups excluding carboxylic acids is 1. The van der Waals surface area contributed by atoms with Crippen LogP contribution in [0.25, 0.3) is 11.3 Å². The Morgan fingerprint density at radius 1 is 1.12 bits per heavy atom. The van der Waals surface area contributed by atoms with Gasteiger partial charge < -0.3 is 15.8 Å². The van der Waals surface area contributed by atoms with Crippen molar-refractivity contribution in [3.05, 3.63) is 65.6 Å². The van der Waals surface area contributed by atoms with Gasteiger partial charge in [0.1, 0.15) is 17.2 Å². The van der Waals surface area contributed by atoms with Gasteiger partial charge in [-0.25, -0.2) is 4.98 Å². The molecule has 1 aromatic carbocycles. The van der Waals surface area contributed by atoms with Crippen molar-refractivity contribution in [2.45, 2.75) is 33.4 Å². The first-order valence-corrected chi connectivity index (χ1v) is 10.5. The third-order valence-corrected chi connectivity index (χ3v) is 4.67. The zero-order chi connectivity index (χ0) is 25.5. The minimum atomic E-state index is -4.82. The number of halogens is 3. The number of aryl methyl sites for hydroxylation is 1. The van der Waals surface area contributed by atoms with Gasteiger partial charge in [-0.05, 0) is 30.2 Å². The summed E-state index contributed by atoms with van der Waals surface area (Å²) in [5.41, 5.74) is 5.89. The lowest BCUT2D eigenvalue weighted by Gasteiger charge is -2.14. The number of nitrogens with one attached hydrogen (secondary N) is 2. The third kappa shape index (κ3) is 6.09. The van der Waals surface area contributed by atoms with Crippen molar-refractivity contribution in [2.24, 2.45) is 5.73 Å². The number of alkyl halides is 3. The summed E-state index contributed by atoms with van der Waals surface area (Å²) in [6, 6.07) is 9.77. The van der Waals surface area contributed by atoms with Gasteiger partial charge in [-0.2, -0.15) is 13.2 Å². The standard InChI is InChI=1S/C22H20F3N5O2.C2H6/c1-3-12-8-13(4-5-16(12)21(27)31)17-9-14(6-7-29-17)32-15-10-18(28-2)19(30-11-15)20(26)22(23,24)25;1-2/h4-11,26,28H,3H2,1-2H3,(H2,27,31);1-2H3. The largest absolute Gasteiger partial charge is 0.456 e. The van der Waals surface area contributed by atoms with Crippen LogP contribution in [0, 0.1) is 5.41 Å². The molecule has 180 valence electrons. The second kappa shape index (κ2) is 11.3. The smallest absolute Gasteiger partial charge is 0.434 e. The lowest BCUT2D eigenvalue weighted by molar-refractivity contribution is -0.0589. The molecule has 0 bridgehead atoms. The maximum atomic E-state index is 12.9. The fourth-order valence-corrected chi connectivity index (χ4v) is 3.08. The maximum absolute atomic E-state index is 12.9. The van der Waals surface area contributed by atoms with E-state index < -0.39 is 23.5 Å². The second-order valence-electron chi connectivity index (χ2n) is 6.76. The molecule has 0 saturated heterocycles. The fourth-order valence-electron chi connectivity index (χ4n) is 3.08. The number of ether oxygens (including phenoxy) is 1. The molecule has 2 aromatic heterocycles. The first-order valence-electron chi connectivity index (χ1n) is 10.5. The average molecular weight is 473 g/mol. The Morgan fingerprint density at radius 3 is 2.41 bits per heavy atom. The van der Waals surface area contributed by atoms with E-state index >= 15 is 0 Å². The van der Waals surface area contributed by atoms with Crippen LogP contribution >= 0.6 is 0 Å². The third-order valence-electron chi connectivity index (χ3n) is 4.67. The highest BCUT2D eigenvalue weighted by atomic mass is 19.4. The number of nitrogens with two attached hydrogens (primary N) is 1. The molecule has 34 heavy (non-hydrogen) atoms. The Labute approximate surface area is 195 Å². The molecule has 0 atom stereocenters. The maximum Gasteiger partial charge on any atom is 0.434 e. The highest BCUT2D eigenvalue weighted by Gasteiger charge is 2.37. The predicted molar refractivity (Wildman–Crippen MR) is 126 cm³/mol.